The summed E-state index contributed by atoms with van der Waals surface area (Å²) < 4.78 is 5.51. The Morgan fingerprint density at radius 2 is 1.80 bits per heavy atom. The number of hydrogen-bond donors (Lipinski definition) is 1. The smallest absolute Gasteiger partial charge is 0.316 e. The topological polar surface area (TPSA) is 85.7 Å². The summed E-state index contributed by atoms with van der Waals surface area (Å²) in [5.74, 6) is -0.354. The zero-order valence-electron chi connectivity index (χ0n) is 19.9. The van der Waals surface area contributed by atoms with Crippen LogP contribution < -0.4 is 10.1 Å². The molecular formula is C26H26Cl2N4O3. The summed E-state index contributed by atoms with van der Waals surface area (Å²) in [6.07, 6.45) is 0. The highest BCUT2D eigenvalue weighted by molar-refractivity contribution is 6.42. The number of ether oxygens (including phenoxy) is 1. The molecular weight excluding hydrogens is 487 g/mol. The maximum atomic E-state index is 13.7. The van der Waals surface area contributed by atoms with Gasteiger partial charge < -0.3 is 19.9 Å². The number of hydrogen-bond acceptors (Lipinski definition) is 4. The third-order valence-corrected chi connectivity index (χ3v) is 6.44. The van der Waals surface area contributed by atoms with Gasteiger partial charge in [0.25, 0.3) is 5.91 Å². The van der Waals surface area contributed by atoms with Crippen molar-refractivity contribution in [1.82, 2.24) is 15.1 Å². The van der Waals surface area contributed by atoms with E-state index in [9.17, 15) is 14.9 Å². The van der Waals surface area contributed by atoms with Crippen molar-refractivity contribution in [2.24, 2.45) is 0 Å². The lowest BCUT2D eigenvalue weighted by atomic mass is 9.96. The van der Waals surface area contributed by atoms with Crippen molar-refractivity contribution in [3.05, 3.63) is 75.3 Å². The van der Waals surface area contributed by atoms with Crippen molar-refractivity contribution >= 4 is 45.9 Å². The molecule has 0 saturated carbocycles. The van der Waals surface area contributed by atoms with Crippen LogP contribution >= 0.6 is 23.2 Å². The van der Waals surface area contributed by atoms with E-state index in [0.717, 1.165) is 10.9 Å². The zero-order valence-corrected chi connectivity index (χ0v) is 21.4. The van der Waals surface area contributed by atoms with Crippen molar-refractivity contribution in [3.63, 3.8) is 0 Å². The summed E-state index contributed by atoms with van der Waals surface area (Å²) in [4.78, 5) is 28.9. The van der Waals surface area contributed by atoms with E-state index in [1.165, 1.54) is 12.0 Å². The lowest BCUT2D eigenvalue weighted by Crippen LogP contribution is -2.40. The molecule has 1 N–H and O–H groups in total. The van der Waals surface area contributed by atoms with Crippen LogP contribution in [0.15, 0.2) is 48.5 Å². The number of urea groups is 1. The SMILES string of the molecule is COc1c(C#N)cc2ccccc2c1C(=O)N(C)C[C@@H](CNC(=O)N(C)C)c1ccc(Cl)c(Cl)c1. The maximum absolute atomic E-state index is 13.7. The number of amides is 3. The fourth-order valence-electron chi connectivity index (χ4n) is 3.86. The molecule has 0 fully saturated rings. The molecule has 0 aromatic heterocycles. The van der Waals surface area contributed by atoms with Gasteiger partial charge in [-0.3, -0.25) is 4.79 Å². The molecule has 7 nitrogen and oxygen atoms in total. The van der Waals surface area contributed by atoms with Crippen molar-refractivity contribution in [2.75, 3.05) is 41.3 Å². The molecule has 0 bridgehead atoms. The predicted octanol–water partition coefficient (Wildman–Crippen LogP) is 5.15. The highest BCUT2D eigenvalue weighted by Crippen LogP contribution is 2.33. The van der Waals surface area contributed by atoms with E-state index in [2.05, 4.69) is 11.4 Å². The first-order chi connectivity index (χ1) is 16.7. The van der Waals surface area contributed by atoms with Crippen LogP contribution in [-0.4, -0.2) is 63.1 Å². The van der Waals surface area contributed by atoms with Crippen LogP contribution in [0.3, 0.4) is 0 Å². The fraction of sp³-hybridized carbons (Fsp3) is 0.269. The number of nitrogens with one attached hydrogen (secondary N) is 1. The lowest BCUT2D eigenvalue weighted by Gasteiger charge is -2.27. The molecule has 0 radical (unpaired) electrons. The largest absolute Gasteiger partial charge is 0.495 e. The van der Waals surface area contributed by atoms with Gasteiger partial charge in [0.05, 0.1) is 28.3 Å². The molecule has 0 unspecified atom stereocenters. The summed E-state index contributed by atoms with van der Waals surface area (Å²) in [5, 5.41) is 14.8. The zero-order chi connectivity index (χ0) is 25.7. The quantitative estimate of drug-likeness (QED) is 0.473. The summed E-state index contributed by atoms with van der Waals surface area (Å²) >= 11 is 12.3. The number of halogens is 2. The van der Waals surface area contributed by atoms with E-state index in [4.69, 9.17) is 27.9 Å². The Balaban J connectivity index is 1.99. The van der Waals surface area contributed by atoms with Gasteiger partial charge in [-0.1, -0.05) is 53.5 Å². The first-order valence-corrected chi connectivity index (χ1v) is 11.6. The molecule has 0 aliphatic heterocycles. The van der Waals surface area contributed by atoms with Crippen molar-refractivity contribution in [3.8, 4) is 11.8 Å². The van der Waals surface area contributed by atoms with Crippen LogP contribution in [0.5, 0.6) is 5.75 Å². The van der Waals surface area contributed by atoms with Crippen LogP contribution in [0.1, 0.15) is 27.4 Å². The second-order valence-electron chi connectivity index (χ2n) is 8.30. The lowest BCUT2D eigenvalue weighted by molar-refractivity contribution is 0.0785. The fourth-order valence-corrected chi connectivity index (χ4v) is 4.17. The first-order valence-electron chi connectivity index (χ1n) is 10.8. The van der Waals surface area contributed by atoms with Gasteiger partial charge in [-0.15, -0.1) is 0 Å². The van der Waals surface area contributed by atoms with Crippen LogP contribution in [0.2, 0.25) is 10.0 Å². The summed E-state index contributed by atoms with van der Waals surface area (Å²) in [7, 11) is 6.42. The van der Waals surface area contributed by atoms with Gasteiger partial charge in [-0.25, -0.2) is 4.79 Å². The Labute approximate surface area is 214 Å². The summed E-state index contributed by atoms with van der Waals surface area (Å²) in [6.45, 7) is 0.529. The summed E-state index contributed by atoms with van der Waals surface area (Å²) in [6, 6.07) is 16.2. The number of nitrogens with zero attached hydrogens (tertiary/aromatic N) is 3. The van der Waals surface area contributed by atoms with Crippen molar-refractivity contribution in [1.29, 1.82) is 5.26 Å². The average Bonchev–Trinajstić information content (AvgIpc) is 2.85. The first kappa shape index (κ1) is 26.1. The average molecular weight is 513 g/mol. The molecule has 182 valence electrons. The molecule has 0 aliphatic carbocycles. The minimum absolute atomic E-state index is 0.232. The van der Waals surface area contributed by atoms with E-state index < -0.39 is 0 Å². The highest BCUT2D eigenvalue weighted by Gasteiger charge is 2.26. The van der Waals surface area contributed by atoms with E-state index >= 15 is 0 Å². The Hall–Kier alpha value is -3.47. The van der Waals surface area contributed by atoms with Gasteiger partial charge in [-0.2, -0.15) is 5.26 Å². The number of carbonyl (C=O) groups is 2. The van der Waals surface area contributed by atoms with E-state index in [-0.39, 0.29) is 42.3 Å². The molecule has 3 amide bonds. The second-order valence-corrected chi connectivity index (χ2v) is 9.12. The molecule has 0 spiro atoms. The second kappa shape index (κ2) is 11.3. The number of fused-ring (bicyclic) bond motifs is 1. The molecule has 0 saturated heterocycles. The van der Waals surface area contributed by atoms with E-state index in [0.29, 0.717) is 21.0 Å². The molecule has 1 atom stereocenters. The Morgan fingerprint density at radius 3 is 2.43 bits per heavy atom. The molecule has 0 aliphatic rings. The van der Waals surface area contributed by atoms with Gasteiger partial charge in [-0.05, 0) is 34.5 Å². The molecule has 35 heavy (non-hydrogen) atoms. The minimum atomic E-state index is -0.306. The third-order valence-electron chi connectivity index (χ3n) is 5.70. The Morgan fingerprint density at radius 1 is 1.09 bits per heavy atom. The number of methoxy groups -OCH3 is 1. The van der Waals surface area contributed by atoms with Gasteiger partial charge >= 0.3 is 6.03 Å². The number of carbonyl (C=O) groups excluding carboxylic acids is 2. The Kier molecular flexibility index (Phi) is 8.44. The van der Waals surface area contributed by atoms with Crippen LogP contribution in [0.25, 0.3) is 10.8 Å². The number of likely N-dealkylation sites (N-methyl/N-ethyl adjacent to an activating group) is 1. The van der Waals surface area contributed by atoms with Crippen LogP contribution in [-0.2, 0) is 0 Å². The molecule has 9 heteroatoms. The van der Waals surface area contributed by atoms with Crippen molar-refractivity contribution < 1.29 is 14.3 Å². The normalized spacial score (nSPS) is 11.5. The summed E-state index contributed by atoms with van der Waals surface area (Å²) in [5.41, 5.74) is 1.41. The third kappa shape index (κ3) is 5.79. The van der Waals surface area contributed by atoms with Gasteiger partial charge in [0.1, 0.15) is 11.8 Å². The van der Waals surface area contributed by atoms with Gasteiger partial charge in [0.15, 0.2) is 0 Å². The molecule has 3 rings (SSSR count). The van der Waals surface area contributed by atoms with Gasteiger partial charge in [0.2, 0.25) is 0 Å². The minimum Gasteiger partial charge on any atom is -0.495 e. The molecule has 3 aromatic carbocycles. The van der Waals surface area contributed by atoms with Crippen LogP contribution in [0, 0.1) is 11.3 Å². The van der Waals surface area contributed by atoms with Crippen LogP contribution in [0.4, 0.5) is 4.79 Å². The Bertz CT molecular complexity index is 1300. The molecule has 0 heterocycles. The van der Waals surface area contributed by atoms with Gasteiger partial charge in [0, 0.05) is 40.2 Å². The monoisotopic (exact) mass is 512 g/mol. The number of rotatable bonds is 7. The highest BCUT2D eigenvalue weighted by atomic mass is 35.5. The standard InChI is InChI=1S/C26H26Cl2N4O3/c1-31(2)26(34)30-14-19(16-9-10-21(27)22(28)12-16)15-32(3)25(33)23-20-8-6-5-7-17(20)11-18(13-29)24(23)35-4/h5-12,19H,14-15H2,1-4H3,(H,30,34)/t19-/m1/s1. The predicted molar refractivity (Wildman–Crippen MR) is 138 cm³/mol. The van der Waals surface area contributed by atoms with Crippen molar-refractivity contribution in [2.45, 2.75) is 5.92 Å². The van der Waals surface area contributed by atoms with E-state index in [1.54, 1.807) is 44.2 Å². The molecule has 3 aromatic rings. The maximum Gasteiger partial charge on any atom is 0.316 e. The number of nitriles is 1. The van der Waals surface area contributed by atoms with E-state index in [1.807, 2.05) is 30.3 Å². The number of benzene rings is 3.